The van der Waals surface area contributed by atoms with E-state index in [4.69, 9.17) is 14.2 Å². The fraction of sp³-hybridized carbons (Fsp3) is 0.500. The SMILES string of the molecule is CC(C)(C)OC(=O)N1CCC(OC2C=C(OCc3ccccc3)C=CC2(F)C(=O)O)CC1. The summed E-state index contributed by atoms with van der Waals surface area (Å²) in [6.45, 7) is 6.44. The highest BCUT2D eigenvalue weighted by atomic mass is 19.1. The zero-order chi connectivity index (χ0) is 23.4. The molecule has 1 amide bonds. The van der Waals surface area contributed by atoms with Gasteiger partial charge in [0.1, 0.15) is 24.1 Å². The van der Waals surface area contributed by atoms with Gasteiger partial charge in [-0.15, -0.1) is 0 Å². The highest BCUT2D eigenvalue weighted by Gasteiger charge is 2.48. The van der Waals surface area contributed by atoms with Crippen LogP contribution in [0.1, 0.15) is 39.2 Å². The van der Waals surface area contributed by atoms with Crippen molar-refractivity contribution in [3.8, 4) is 0 Å². The Balaban J connectivity index is 1.62. The standard InChI is InChI=1S/C24H30FNO6/c1-23(2,3)32-22(29)26-13-10-18(11-14-26)31-20-15-19(9-12-24(20,25)21(27)28)30-16-17-7-5-4-6-8-17/h4-9,12,15,18,20H,10-11,13-14,16H2,1-3H3,(H,27,28). The van der Waals surface area contributed by atoms with Gasteiger partial charge in [-0.25, -0.2) is 14.0 Å². The summed E-state index contributed by atoms with van der Waals surface area (Å²) in [6, 6.07) is 9.46. The number of rotatable bonds is 6. The molecule has 2 atom stereocenters. The largest absolute Gasteiger partial charge is 0.489 e. The topological polar surface area (TPSA) is 85.3 Å². The molecule has 1 saturated heterocycles. The summed E-state index contributed by atoms with van der Waals surface area (Å²) >= 11 is 0. The van der Waals surface area contributed by atoms with E-state index in [-0.39, 0.29) is 6.61 Å². The van der Waals surface area contributed by atoms with Crippen molar-refractivity contribution in [2.45, 2.75) is 63.7 Å². The van der Waals surface area contributed by atoms with Gasteiger partial charge in [0.2, 0.25) is 0 Å². The number of carbonyl (C=O) groups is 2. The second-order valence-corrected chi connectivity index (χ2v) is 8.97. The average Bonchev–Trinajstić information content (AvgIpc) is 2.74. The van der Waals surface area contributed by atoms with Crippen LogP contribution in [0.5, 0.6) is 0 Å². The third-order valence-corrected chi connectivity index (χ3v) is 5.23. The lowest BCUT2D eigenvalue weighted by atomic mass is 9.92. The highest BCUT2D eigenvalue weighted by molar-refractivity contribution is 5.82. The van der Waals surface area contributed by atoms with Gasteiger partial charge in [-0.2, -0.15) is 0 Å². The number of hydrogen-bond acceptors (Lipinski definition) is 5. The molecule has 7 nitrogen and oxygen atoms in total. The molecule has 0 spiro atoms. The first kappa shape index (κ1) is 23.8. The lowest BCUT2D eigenvalue weighted by Gasteiger charge is -2.36. The van der Waals surface area contributed by atoms with Gasteiger partial charge in [0.05, 0.1) is 6.10 Å². The molecule has 0 radical (unpaired) electrons. The minimum Gasteiger partial charge on any atom is -0.489 e. The van der Waals surface area contributed by atoms with Crippen molar-refractivity contribution in [3.05, 3.63) is 59.9 Å². The summed E-state index contributed by atoms with van der Waals surface area (Å²) in [5, 5.41) is 9.47. The van der Waals surface area contributed by atoms with E-state index in [9.17, 15) is 14.7 Å². The number of likely N-dealkylation sites (tertiary alicyclic amines) is 1. The molecule has 2 unspecified atom stereocenters. The minimum absolute atomic E-state index is 0.268. The number of nitrogens with zero attached hydrogens (tertiary/aromatic N) is 1. The number of allylic oxidation sites excluding steroid dienone is 1. The van der Waals surface area contributed by atoms with Gasteiger partial charge >= 0.3 is 12.1 Å². The first-order chi connectivity index (χ1) is 15.1. The fourth-order valence-corrected chi connectivity index (χ4v) is 3.50. The van der Waals surface area contributed by atoms with Gasteiger partial charge in [-0.05, 0) is 57.4 Å². The molecule has 0 saturated carbocycles. The Hall–Kier alpha value is -2.87. The number of carboxylic acids is 1. The summed E-state index contributed by atoms with van der Waals surface area (Å²) in [5.41, 5.74) is -2.35. The van der Waals surface area contributed by atoms with Crippen molar-refractivity contribution in [1.82, 2.24) is 4.90 Å². The molecule has 1 aliphatic heterocycles. The van der Waals surface area contributed by atoms with Crippen LogP contribution in [0, 0.1) is 0 Å². The minimum atomic E-state index is -2.69. The summed E-state index contributed by atoms with van der Waals surface area (Å²) in [7, 11) is 0. The van der Waals surface area contributed by atoms with E-state index in [1.54, 1.807) is 25.7 Å². The Bertz CT molecular complexity index is 870. The first-order valence-corrected chi connectivity index (χ1v) is 10.7. The quantitative estimate of drug-likeness (QED) is 0.702. The Morgan fingerprint density at radius 2 is 1.84 bits per heavy atom. The molecule has 174 valence electrons. The van der Waals surface area contributed by atoms with E-state index in [1.165, 1.54) is 12.2 Å². The Morgan fingerprint density at radius 1 is 1.19 bits per heavy atom. The fourth-order valence-electron chi connectivity index (χ4n) is 3.50. The molecule has 1 aliphatic carbocycles. The molecule has 0 bridgehead atoms. The predicted molar refractivity (Wildman–Crippen MR) is 116 cm³/mol. The number of amides is 1. The van der Waals surface area contributed by atoms with Gasteiger partial charge < -0.3 is 24.2 Å². The van der Waals surface area contributed by atoms with Crippen LogP contribution in [-0.4, -0.2) is 58.6 Å². The first-order valence-electron chi connectivity index (χ1n) is 10.7. The van der Waals surface area contributed by atoms with Crippen molar-refractivity contribution in [1.29, 1.82) is 0 Å². The van der Waals surface area contributed by atoms with E-state index < -0.39 is 35.5 Å². The Kier molecular flexibility index (Phi) is 7.23. The van der Waals surface area contributed by atoms with Crippen LogP contribution >= 0.6 is 0 Å². The van der Waals surface area contributed by atoms with E-state index >= 15 is 4.39 Å². The van der Waals surface area contributed by atoms with Gasteiger partial charge in [0.15, 0.2) is 0 Å². The van der Waals surface area contributed by atoms with Crippen molar-refractivity contribution >= 4 is 12.1 Å². The Labute approximate surface area is 187 Å². The van der Waals surface area contributed by atoms with Crippen molar-refractivity contribution in [2.75, 3.05) is 13.1 Å². The van der Waals surface area contributed by atoms with Crippen LogP contribution in [0.4, 0.5) is 9.18 Å². The normalized spacial score (nSPS) is 24.1. The van der Waals surface area contributed by atoms with E-state index in [2.05, 4.69) is 0 Å². The number of benzene rings is 1. The molecule has 32 heavy (non-hydrogen) atoms. The molecule has 1 aromatic rings. The van der Waals surface area contributed by atoms with Gasteiger partial charge in [0, 0.05) is 13.1 Å². The van der Waals surface area contributed by atoms with Crippen molar-refractivity contribution in [2.24, 2.45) is 0 Å². The smallest absolute Gasteiger partial charge is 0.410 e. The number of alkyl halides is 1. The Morgan fingerprint density at radius 3 is 2.44 bits per heavy atom. The summed E-state index contributed by atoms with van der Waals surface area (Å²) in [6.07, 6.45) is 2.42. The molecule has 0 aromatic heterocycles. The monoisotopic (exact) mass is 447 g/mol. The number of aliphatic carboxylic acids is 1. The second kappa shape index (κ2) is 9.73. The number of carboxylic acid groups (broad SMARTS) is 1. The van der Waals surface area contributed by atoms with E-state index in [0.29, 0.717) is 31.7 Å². The van der Waals surface area contributed by atoms with Crippen LogP contribution in [0.2, 0.25) is 0 Å². The molecule has 1 fully saturated rings. The van der Waals surface area contributed by atoms with Gasteiger partial charge in [-0.3, -0.25) is 0 Å². The van der Waals surface area contributed by atoms with Crippen LogP contribution in [0.15, 0.2) is 54.3 Å². The maximum Gasteiger partial charge on any atom is 0.410 e. The molecule has 2 aliphatic rings. The highest BCUT2D eigenvalue weighted by Crippen LogP contribution is 2.32. The lowest BCUT2D eigenvalue weighted by molar-refractivity contribution is -0.159. The van der Waals surface area contributed by atoms with Gasteiger partial charge in [-0.1, -0.05) is 30.3 Å². The molecule has 1 aromatic carbocycles. The van der Waals surface area contributed by atoms with Crippen molar-refractivity contribution < 1.29 is 33.3 Å². The van der Waals surface area contributed by atoms with Crippen molar-refractivity contribution in [3.63, 3.8) is 0 Å². The molecule has 1 heterocycles. The van der Waals surface area contributed by atoms with Crippen LogP contribution in [0.3, 0.4) is 0 Å². The maximum atomic E-state index is 15.2. The molecule has 3 rings (SSSR count). The van der Waals surface area contributed by atoms with Crippen LogP contribution in [-0.2, 0) is 25.6 Å². The molecular weight excluding hydrogens is 417 g/mol. The van der Waals surface area contributed by atoms with E-state index in [0.717, 1.165) is 11.6 Å². The number of piperidine rings is 1. The third kappa shape index (κ3) is 6.09. The van der Waals surface area contributed by atoms with Crippen LogP contribution < -0.4 is 0 Å². The second-order valence-electron chi connectivity index (χ2n) is 8.97. The maximum absolute atomic E-state index is 15.2. The van der Waals surface area contributed by atoms with Crippen LogP contribution in [0.25, 0.3) is 0 Å². The third-order valence-electron chi connectivity index (χ3n) is 5.23. The zero-order valence-electron chi connectivity index (χ0n) is 18.6. The predicted octanol–water partition coefficient (Wildman–Crippen LogP) is 4.23. The zero-order valence-corrected chi connectivity index (χ0v) is 18.6. The number of hydrogen-bond donors (Lipinski definition) is 1. The van der Waals surface area contributed by atoms with Gasteiger partial charge in [0.25, 0.3) is 5.67 Å². The molecule has 8 heteroatoms. The number of halogens is 1. The number of carbonyl (C=O) groups excluding carboxylic acids is 1. The number of ether oxygens (including phenoxy) is 3. The molecule has 1 N–H and O–H groups in total. The molecular formula is C24H30FNO6. The average molecular weight is 448 g/mol. The summed E-state index contributed by atoms with van der Waals surface area (Å²) in [4.78, 5) is 25.4. The summed E-state index contributed by atoms with van der Waals surface area (Å²) < 4.78 is 32.2. The summed E-state index contributed by atoms with van der Waals surface area (Å²) in [5.74, 6) is -1.28. The van der Waals surface area contributed by atoms with E-state index in [1.807, 2.05) is 30.3 Å². The lowest BCUT2D eigenvalue weighted by Crippen LogP contribution is -2.49.